The number of aromatic nitrogens is 2. The summed E-state index contributed by atoms with van der Waals surface area (Å²) < 4.78 is 28.7. The number of carbonyl (C=O) groups excluding carboxylic acids is 3. The highest BCUT2D eigenvalue weighted by Gasteiger charge is 2.41. The van der Waals surface area contributed by atoms with Crippen LogP contribution in [0.15, 0.2) is 48.8 Å². The Morgan fingerprint density at radius 2 is 1.76 bits per heavy atom. The molecule has 9 nitrogen and oxygen atoms in total. The Hall–Kier alpha value is -3.86. The van der Waals surface area contributed by atoms with Crippen molar-refractivity contribution in [3.05, 3.63) is 71.7 Å². The summed E-state index contributed by atoms with van der Waals surface area (Å²) in [6.07, 6.45) is 4.69. The van der Waals surface area contributed by atoms with Crippen molar-refractivity contribution in [2.24, 2.45) is 5.41 Å². The lowest BCUT2D eigenvalue weighted by Gasteiger charge is -2.37. The van der Waals surface area contributed by atoms with E-state index < -0.39 is 23.3 Å². The average Bonchev–Trinajstić information content (AvgIpc) is 3.59. The molecule has 1 saturated heterocycles. The Morgan fingerprint density at radius 1 is 1.07 bits per heavy atom. The number of pyridine rings is 1. The van der Waals surface area contributed by atoms with E-state index >= 15 is 0 Å². The fourth-order valence-corrected chi connectivity index (χ4v) is 5.20. The third kappa shape index (κ3) is 7.31. The van der Waals surface area contributed by atoms with E-state index in [2.05, 4.69) is 15.6 Å². The molecule has 226 valence electrons. The van der Waals surface area contributed by atoms with Crippen molar-refractivity contribution < 1.29 is 23.2 Å². The summed E-state index contributed by atoms with van der Waals surface area (Å²) in [5.41, 5.74) is 0.920. The van der Waals surface area contributed by atoms with Crippen molar-refractivity contribution in [3.8, 4) is 0 Å². The van der Waals surface area contributed by atoms with Crippen LogP contribution in [0.25, 0.3) is 5.65 Å². The molecule has 0 spiro atoms. The zero-order chi connectivity index (χ0) is 30.6. The predicted octanol–water partition coefficient (Wildman–Crippen LogP) is 3.43. The van der Waals surface area contributed by atoms with Gasteiger partial charge in [-0.05, 0) is 68.5 Å². The standard InChI is InChI=1S/C31H40F2N6O3/c1-20(34-5)28(40)36-27(31(2,3)4)30(42)39-15-6-7-24(39)18-37(16-14-21-8-10-22(32)11-9-21)29(41)25-19-38-17-23(33)12-13-26(38)35-25/h8-13,17,19-20,24,27,34H,6-7,14-16,18H2,1-5H3,(H,36,40)/t20-,24-,27+/m0/s1. The van der Waals surface area contributed by atoms with E-state index in [1.807, 2.05) is 20.8 Å². The molecular formula is C31H40F2N6O3. The van der Waals surface area contributed by atoms with Crippen LogP contribution in [0.2, 0.25) is 0 Å². The molecule has 4 rings (SSSR count). The maximum Gasteiger partial charge on any atom is 0.274 e. The molecule has 1 aliphatic heterocycles. The first-order chi connectivity index (χ1) is 19.9. The monoisotopic (exact) mass is 582 g/mol. The lowest BCUT2D eigenvalue weighted by molar-refractivity contribution is -0.140. The molecule has 3 atom stereocenters. The number of hydrogen-bond donors (Lipinski definition) is 2. The molecule has 2 aromatic heterocycles. The lowest BCUT2D eigenvalue weighted by Crippen LogP contribution is -2.59. The molecule has 42 heavy (non-hydrogen) atoms. The number of carbonyl (C=O) groups is 3. The minimum absolute atomic E-state index is 0.163. The smallest absolute Gasteiger partial charge is 0.274 e. The largest absolute Gasteiger partial charge is 0.342 e. The van der Waals surface area contributed by atoms with E-state index in [-0.39, 0.29) is 41.8 Å². The third-order valence-corrected chi connectivity index (χ3v) is 7.82. The quantitative estimate of drug-likeness (QED) is 0.382. The van der Waals surface area contributed by atoms with Crippen LogP contribution in [0.1, 0.15) is 56.6 Å². The number of nitrogens with zero attached hydrogens (tertiary/aromatic N) is 4. The Morgan fingerprint density at radius 3 is 2.43 bits per heavy atom. The minimum Gasteiger partial charge on any atom is -0.342 e. The Balaban J connectivity index is 1.58. The molecular weight excluding hydrogens is 542 g/mol. The topological polar surface area (TPSA) is 99.0 Å². The van der Waals surface area contributed by atoms with E-state index in [9.17, 15) is 23.2 Å². The summed E-state index contributed by atoms with van der Waals surface area (Å²) in [5.74, 6) is -1.58. The number of benzene rings is 1. The number of rotatable bonds is 10. The molecule has 0 saturated carbocycles. The van der Waals surface area contributed by atoms with Crippen LogP contribution in [0.4, 0.5) is 8.78 Å². The van der Waals surface area contributed by atoms with Gasteiger partial charge in [-0.2, -0.15) is 0 Å². The fraction of sp³-hybridized carbons (Fsp3) is 0.484. The summed E-state index contributed by atoms with van der Waals surface area (Å²) in [5, 5.41) is 5.84. The van der Waals surface area contributed by atoms with Gasteiger partial charge in [0.05, 0.1) is 6.04 Å². The molecule has 0 aliphatic carbocycles. The number of hydrogen-bond acceptors (Lipinski definition) is 5. The van der Waals surface area contributed by atoms with Crippen LogP contribution in [0, 0.1) is 17.0 Å². The highest BCUT2D eigenvalue weighted by atomic mass is 19.1. The second kappa shape index (κ2) is 13.0. The molecule has 1 aliphatic rings. The fourth-order valence-electron chi connectivity index (χ4n) is 5.20. The molecule has 3 aromatic rings. The summed E-state index contributed by atoms with van der Waals surface area (Å²) in [6.45, 7) is 8.55. The van der Waals surface area contributed by atoms with Crippen LogP contribution < -0.4 is 10.6 Å². The van der Waals surface area contributed by atoms with Crippen molar-refractivity contribution in [1.82, 2.24) is 29.8 Å². The number of nitrogens with one attached hydrogen (secondary N) is 2. The number of likely N-dealkylation sites (N-methyl/N-ethyl adjacent to an activating group) is 1. The van der Waals surface area contributed by atoms with Crippen molar-refractivity contribution in [2.75, 3.05) is 26.7 Å². The first-order valence-corrected chi connectivity index (χ1v) is 14.3. The summed E-state index contributed by atoms with van der Waals surface area (Å²) >= 11 is 0. The number of halogens is 2. The second-order valence-electron chi connectivity index (χ2n) is 12.0. The van der Waals surface area contributed by atoms with Crippen LogP contribution in [-0.4, -0.2) is 81.7 Å². The van der Waals surface area contributed by atoms with Gasteiger partial charge in [0.15, 0.2) is 0 Å². The van der Waals surface area contributed by atoms with Crippen molar-refractivity contribution >= 4 is 23.4 Å². The zero-order valence-electron chi connectivity index (χ0n) is 24.9. The van der Waals surface area contributed by atoms with Crippen molar-refractivity contribution in [3.63, 3.8) is 0 Å². The Kier molecular flexibility index (Phi) is 9.60. The molecule has 1 aromatic carbocycles. The van der Waals surface area contributed by atoms with E-state index in [4.69, 9.17) is 0 Å². The third-order valence-electron chi connectivity index (χ3n) is 7.82. The van der Waals surface area contributed by atoms with Gasteiger partial charge >= 0.3 is 0 Å². The highest BCUT2D eigenvalue weighted by Crippen LogP contribution is 2.27. The van der Waals surface area contributed by atoms with E-state index in [1.165, 1.54) is 41.1 Å². The molecule has 1 fully saturated rings. The van der Waals surface area contributed by atoms with Gasteiger partial charge in [-0.3, -0.25) is 14.4 Å². The number of imidazole rings is 1. The zero-order valence-corrected chi connectivity index (χ0v) is 24.9. The van der Waals surface area contributed by atoms with E-state index in [1.54, 1.807) is 35.9 Å². The van der Waals surface area contributed by atoms with E-state index in [0.29, 0.717) is 31.6 Å². The molecule has 3 heterocycles. The van der Waals surface area contributed by atoms with Gasteiger partial charge in [0.2, 0.25) is 11.8 Å². The molecule has 0 unspecified atom stereocenters. The minimum atomic E-state index is -0.752. The molecule has 0 bridgehead atoms. The van der Waals surface area contributed by atoms with Crippen LogP contribution in [-0.2, 0) is 16.0 Å². The Bertz CT molecular complexity index is 1420. The van der Waals surface area contributed by atoms with E-state index in [0.717, 1.165) is 12.0 Å². The molecule has 2 N–H and O–H groups in total. The average molecular weight is 583 g/mol. The summed E-state index contributed by atoms with van der Waals surface area (Å²) in [4.78, 5) is 48.3. The molecule has 3 amide bonds. The summed E-state index contributed by atoms with van der Waals surface area (Å²) in [6, 6.07) is 7.42. The number of likely N-dealkylation sites (tertiary alicyclic amines) is 1. The summed E-state index contributed by atoms with van der Waals surface area (Å²) in [7, 11) is 1.69. The molecule has 0 radical (unpaired) electrons. The number of amides is 3. The normalized spacial score (nSPS) is 16.8. The van der Waals surface area contributed by atoms with Crippen molar-refractivity contribution in [2.45, 2.75) is 65.1 Å². The van der Waals surface area contributed by atoms with Gasteiger partial charge in [0.1, 0.15) is 29.0 Å². The van der Waals surface area contributed by atoms with Gasteiger partial charge < -0.3 is 24.8 Å². The van der Waals surface area contributed by atoms with Gasteiger partial charge in [0, 0.05) is 38.1 Å². The van der Waals surface area contributed by atoms with Gasteiger partial charge in [-0.15, -0.1) is 0 Å². The van der Waals surface area contributed by atoms with Crippen molar-refractivity contribution in [1.29, 1.82) is 0 Å². The highest BCUT2D eigenvalue weighted by molar-refractivity contribution is 5.93. The van der Waals surface area contributed by atoms with Crippen LogP contribution in [0.5, 0.6) is 0 Å². The Labute approximate surface area is 245 Å². The van der Waals surface area contributed by atoms with Crippen LogP contribution in [0.3, 0.4) is 0 Å². The number of fused-ring (bicyclic) bond motifs is 1. The van der Waals surface area contributed by atoms with Gasteiger partial charge in [-0.25, -0.2) is 13.8 Å². The van der Waals surface area contributed by atoms with Crippen LogP contribution >= 0.6 is 0 Å². The maximum absolute atomic E-state index is 13.9. The van der Waals surface area contributed by atoms with Gasteiger partial charge in [0.25, 0.3) is 5.91 Å². The molecule has 11 heteroatoms. The lowest BCUT2D eigenvalue weighted by atomic mass is 9.85. The maximum atomic E-state index is 13.9. The first kappa shape index (κ1) is 31.1. The van der Waals surface area contributed by atoms with Gasteiger partial charge in [-0.1, -0.05) is 32.9 Å². The SMILES string of the molecule is CN[C@@H](C)C(=O)N[C@H](C(=O)N1CCC[C@H]1CN(CCc1ccc(F)cc1)C(=O)c1cn2cc(F)ccc2n1)C(C)(C)C. The second-order valence-corrected chi connectivity index (χ2v) is 12.0. The predicted molar refractivity (Wildman–Crippen MR) is 156 cm³/mol. The first-order valence-electron chi connectivity index (χ1n) is 14.3.